The summed E-state index contributed by atoms with van der Waals surface area (Å²) in [5, 5.41) is 3.43. The molecule has 2 aromatic heterocycles. The summed E-state index contributed by atoms with van der Waals surface area (Å²) in [6.45, 7) is 8.46. The third-order valence-corrected chi connectivity index (χ3v) is 6.22. The molecule has 1 amide bonds. The number of fused-ring (bicyclic) bond motifs is 1. The number of aromatic nitrogens is 4. The molecule has 172 valence electrons. The molecule has 11 nitrogen and oxygen atoms in total. The molecule has 3 saturated heterocycles. The highest BCUT2D eigenvalue weighted by Gasteiger charge is 2.31. The molecule has 0 bridgehead atoms. The van der Waals surface area contributed by atoms with Gasteiger partial charge in [-0.05, 0) is 12.8 Å². The van der Waals surface area contributed by atoms with Gasteiger partial charge in [0.05, 0.1) is 13.2 Å². The number of hydrogen-bond donors (Lipinski definition) is 1. The van der Waals surface area contributed by atoms with Crippen LogP contribution in [0.25, 0.3) is 11.2 Å². The maximum atomic E-state index is 12.6. The third-order valence-electron chi connectivity index (χ3n) is 6.22. The smallest absolute Gasteiger partial charge is 0.251 e. The number of ether oxygens (including phenoxy) is 2. The van der Waals surface area contributed by atoms with Gasteiger partial charge in [0.25, 0.3) is 5.91 Å². The van der Waals surface area contributed by atoms with E-state index in [4.69, 9.17) is 14.5 Å². The van der Waals surface area contributed by atoms with Gasteiger partial charge in [-0.1, -0.05) is 0 Å². The molecule has 1 N–H and O–H groups in total. The summed E-state index contributed by atoms with van der Waals surface area (Å²) < 4.78 is 11.0. The van der Waals surface area contributed by atoms with Crippen molar-refractivity contribution in [2.45, 2.75) is 18.9 Å². The molecule has 3 fully saturated rings. The molecule has 3 aliphatic rings. The van der Waals surface area contributed by atoms with E-state index in [1.165, 1.54) is 0 Å². The van der Waals surface area contributed by atoms with E-state index in [-0.39, 0.29) is 12.0 Å². The van der Waals surface area contributed by atoms with Gasteiger partial charge in [-0.15, -0.1) is 0 Å². The third kappa shape index (κ3) is 4.74. The summed E-state index contributed by atoms with van der Waals surface area (Å²) in [6, 6.07) is 0. The molecular weight excluding hydrogens is 412 g/mol. The molecule has 1 unspecified atom stereocenters. The Kier molecular flexibility index (Phi) is 6.56. The number of amides is 1. The van der Waals surface area contributed by atoms with Crippen LogP contribution in [0.2, 0.25) is 0 Å². The van der Waals surface area contributed by atoms with Crippen molar-refractivity contribution in [3.63, 3.8) is 0 Å². The van der Waals surface area contributed by atoms with Gasteiger partial charge in [0, 0.05) is 71.4 Å². The quantitative estimate of drug-likeness (QED) is 0.656. The lowest BCUT2D eigenvalue weighted by Gasteiger charge is -2.35. The first-order valence-corrected chi connectivity index (χ1v) is 11.5. The van der Waals surface area contributed by atoms with Crippen LogP contribution in [0.5, 0.6) is 0 Å². The molecule has 11 heteroatoms. The maximum Gasteiger partial charge on any atom is 0.251 e. The summed E-state index contributed by atoms with van der Waals surface area (Å²) in [6.07, 6.45) is 4.83. The van der Waals surface area contributed by atoms with E-state index < -0.39 is 0 Å². The van der Waals surface area contributed by atoms with Gasteiger partial charge in [-0.3, -0.25) is 9.69 Å². The van der Waals surface area contributed by atoms with Gasteiger partial charge < -0.3 is 24.6 Å². The molecule has 1 atom stereocenters. The van der Waals surface area contributed by atoms with E-state index in [0.717, 1.165) is 52.2 Å². The van der Waals surface area contributed by atoms with E-state index in [9.17, 15) is 4.79 Å². The van der Waals surface area contributed by atoms with Gasteiger partial charge in [0.2, 0.25) is 5.95 Å². The maximum absolute atomic E-state index is 12.6. The topological polar surface area (TPSA) is 109 Å². The summed E-state index contributed by atoms with van der Waals surface area (Å²) in [7, 11) is 0. The van der Waals surface area contributed by atoms with Crippen LogP contribution in [0.15, 0.2) is 12.4 Å². The Balaban J connectivity index is 1.25. The zero-order valence-electron chi connectivity index (χ0n) is 18.3. The molecule has 0 aromatic carbocycles. The number of anilines is 2. The van der Waals surface area contributed by atoms with Crippen molar-refractivity contribution in [2.24, 2.45) is 0 Å². The highest BCUT2D eigenvalue weighted by molar-refractivity contribution is 5.83. The highest BCUT2D eigenvalue weighted by Crippen LogP contribution is 2.22. The molecule has 5 heterocycles. The fraction of sp³-hybridized carbons (Fsp3) is 0.667. The second kappa shape index (κ2) is 9.88. The Hall–Kier alpha value is -2.63. The lowest BCUT2D eigenvalue weighted by molar-refractivity contribution is -0.141. The van der Waals surface area contributed by atoms with E-state index in [1.807, 2.05) is 4.90 Å². The average Bonchev–Trinajstić information content (AvgIpc) is 3.39. The van der Waals surface area contributed by atoms with Crippen LogP contribution in [-0.4, -0.2) is 114 Å². The molecule has 2 aromatic rings. The van der Waals surface area contributed by atoms with Crippen molar-refractivity contribution in [3.05, 3.63) is 12.4 Å². The number of morpholine rings is 1. The van der Waals surface area contributed by atoms with Crippen molar-refractivity contribution in [1.82, 2.24) is 29.7 Å². The minimum absolute atomic E-state index is 0.109. The van der Waals surface area contributed by atoms with Crippen molar-refractivity contribution < 1.29 is 14.3 Å². The van der Waals surface area contributed by atoms with Crippen molar-refractivity contribution >= 4 is 28.8 Å². The van der Waals surface area contributed by atoms with Gasteiger partial charge >= 0.3 is 0 Å². The first kappa shape index (κ1) is 21.2. The van der Waals surface area contributed by atoms with Crippen LogP contribution in [0.4, 0.5) is 11.8 Å². The standard InChI is InChI=1S/C21H30N8O3/c30-20(16-2-1-13-32-16)28-7-9-29(10-8-28)21-25-18-17(22-3-4-23-18)19(26-21)24-5-6-27-11-14-31-15-12-27/h3-4,16H,1-2,5-15H2,(H,23,24,25,26). The number of carbonyl (C=O) groups is 1. The monoisotopic (exact) mass is 442 g/mol. The van der Waals surface area contributed by atoms with E-state index in [2.05, 4.69) is 30.1 Å². The average molecular weight is 443 g/mol. The Bertz CT molecular complexity index is 924. The molecule has 0 spiro atoms. The Morgan fingerprint density at radius 2 is 1.84 bits per heavy atom. The largest absolute Gasteiger partial charge is 0.379 e. The summed E-state index contributed by atoms with van der Waals surface area (Å²) in [4.78, 5) is 37.3. The van der Waals surface area contributed by atoms with Gasteiger partial charge in [-0.25, -0.2) is 9.97 Å². The summed E-state index contributed by atoms with van der Waals surface area (Å²) in [5.74, 6) is 1.43. The van der Waals surface area contributed by atoms with Crippen LogP contribution < -0.4 is 10.2 Å². The fourth-order valence-corrected chi connectivity index (χ4v) is 4.38. The van der Waals surface area contributed by atoms with Crippen LogP contribution >= 0.6 is 0 Å². The highest BCUT2D eigenvalue weighted by atomic mass is 16.5. The lowest BCUT2D eigenvalue weighted by atomic mass is 10.2. The number of carbonyl (C=O) groups excluding carboxylic acids is 1. The van der Waals surface area contributed by atoms with E-state index in [1.54, 1.807) is 12.4 Å². The lowest BCUT2D eigenvalue weighted by Crippen LogP contribution is -2.51. The molecule has 5 rings (SSSR count). The fourth-order valence-electron chi connectivity index (χ4n) is 4.38. The Labute approximate surface area is 187 Å². The molecule has 3 aliphatic heterocycles. The first-order chi connectivity index (χ1) is 15.8. The van der Waals surface area contributed by atoms with Gasteiger partial charge in [0.1, 0.15) is 6.10 Å². The Morgan fingerprint density at radius 1 is 1.03 bits per heavy atom. The summed E-state index contributed by atoms with van der Waals surface area (Å²) in [5.41, 5.74) is 1.25. The van der Waals surface area contributed by atoms with Crippen molar-refractivity contribution in [2.75, 3.05) is 82.4 Å². The Morgan fingerprint density at radius 3 is 2.62 bits per heavy atom. The zero-order chi connectivity index (χ0) is 21.8. The number of rotatable bonds is 6. The van der Waals surface area contributed by atoms with Crippen LogP contribution in [0, 0.1) is 0 Å². The van der Waals surface area contributed by atoms with Crippen molar-refractivity contribution in [3.8, 4) is 0 Å². The predicted molar refractivity (Wildman–Crippen MR) is 119 cm³/mol. The summed E-state index contributed by atoms with van der Waals surface area (Å²) >= 11 is 0. The van der Waals surface area contributed by atoms with Gasteiger partial charge in [0.15, 0.2) is 17.0 Å². The second-order valence-corrected chi connectivity index (χ2v) is 8.30. The molecular formula is C21H30N8O3. The normalized spacial score (nSPS) is 22.4. The predicted octanol–water partition coefficient (Wildman–Crippen LogP) is -0.00850. The van der Waals surface area contributed by atoms with E-state index >= 15 is 0 Å². The molecule has 32 heavy (non-hydrogen) atoms. The number of nitrogens with one attached hydrogen (secondary N) is 1. The van der Waals surface area contributed by atoms with Crippen molar-refractivity contribution in [1.29, 1.82) is 0 Å². The molecule has 0 saturated carbocycles. The molecule has 0 aliphatic carbocycles. The first-order valence-electron chi connectivity index (χ1n) is 11.5. The van der Waals surface area contributed by atoms with Crippen LogP contribution in [0.1, 0.15) is 12.8 Å². The SMILES string of the molecule is O=C(C1CCCO1)N1CCN(c2nc(NCCN3CCOCC3)c3nccnc3n2)CC1. The number of nitrogens with zero attached hydrogens (tertiary/aromatic N) is 7. The zero-order valence-corrected chi connectivity index (χ0v) is 18.3. The minimum atomic E-state index is -0.268. The van der Waals surface area contributed by atoms with Crippen LogP contribution in [-0.2, 0) is 14.3 Å². The number of hydrogen-bond acceptors (Lipinski definition) is 10. The van der Waals surface area contributed by atoms with Gasteiger partial charge in [-0.2, -0.15) is 9.97 Å². The molecule has 0 radical (unpaired) electrons. The second-order valence-electron chi connectivity index (χ2n) is 8.30. The van der Waals surface area contributed by atoms with Crippen LogP contribution in [0.3, 0.4) is 0 Å². The number of piperazine rings is 1. The minimum Gasteiger partial charge on any atom is -0.379 e. The van der Waals surface area contributed by atoms with E-state index in [0.29, 0.717) is 55.7 Å².